The second-order valence-electron chi connectivity index (χ2n) is 8.81. The van der Waals surface area contributed by atoms with Gasteiger partial charge in [0.15, 0.2) is 5.17 Å². The summed E-state index contributed by atoms with van der Waals surface area (Å²) in [5.41, 5.74) is 4.04. The van der Waals surface area contributed by atoms with E-state index in [1.54, 1.807) is 18.9 Å². The van der Waals surface area contributed by atoms with E-state index >= 15 is 0 Å². The van der Waals surface area contributed by atoms with Gasteiger partial charge in [0, 0.05) is 29.4 Å². The number of thioether (sulfide) groups is 1. The maximum absolute atomic E-state index is 13.4. The maximum atomic E-state index is 13.4. The number of likely N-dealkylation sites (tertiary alicyclic amines) is 1. The Labute approximate surface area is 210 Å². The van der Waals surface area contributed by atoms with Crippen LogP contribution < -0.4 is 4.74 Å². The summed E-state index contributed by atoms with van der Waals surface area (Å²) in [4.78, 5) is 22.6. The van der Waals surface area contributed by atoms with E-state index in [1.807, 2.05) is 48.2 Å². The van der Waals surface area contributed by atoms with E-state index < -0.39 is 0 Å². The molecule has 3 aliphatic heterocycles. The molecule has 1 fully saturated rings. The minimum Gasteiger partial charge on any atom is -0.497 e. The zero-order valence-corrected chi connectivity index (χ0v) is 21.0. The number of hydrogen-bond donors (Lipinski definition) is 0. The third-order valence-electron chi connectivity index (χ3n) is 6.66. The molecule has 0 radical (unpaired) electrons. The number of amides is 1. The van der Waals surface area contributed by atoms with Gasteiger partial charge in [0.25, 0.3) is 0 Å². The van der Waals surface area contributed by atoms with Crippen LogP contribution in [0.1, 0.15) is 43.4 Å². The molecule has 176 valence electrons. The lowest BCUT2D eigenvalue weighted by Gasteiger charge is -2.37. The molecule has 2 atom stereocenters. The van der Waals surface area contributed by atoms with Crippen molar-refractivity contribution in [1.29, 1.82) is 0 Å². The van der Waals surface area contributed by atoms with Crippen LogP contribution in [0, 0.1) is 5.92 Å². The summed E-state index contributed by atoms with van der Waals surface area (Å²) >= 11 is 7.78. The Bertz CT molecular complexity index is 1150. The average Bonchev–Trinajstić information content (AvgIpc) is 3.32. The number of hydrogen-bond acceptors (Lipinski definition) is 5. The fourth-order valence-electron chi connectivity index (χ4n) is 4.71. The highest BCUT2D eigenvalue weighted by atomic mass is 35.5. The Morgan fingerprint density at radius 1 is 1.09 bits per heavy atom. The lowest BCUT2D eigenvalue weighted by Crippen LogP contribution is -2.42. The van der Waals surface area contributed by atoms with E-state index in [9.17, 15) is 4.79 Å². The first-order valence-corrected chi connectivity index (χ1v) is 13.0. The van der Waals surface area contributed by atoms with Crippen molar-refractivity contribution >= 4 is 40.1 Å². The van der Waals surface area contributed by atoms with Gasteiger partial charge in [-0.25, -0.2) is 4.99 Å². The number of fused-ring (bicyclic) bond motifs is 1. The Morgan fingerprint density at radius 3 is 2.47 bits per heavy atom. The summed E-state index contributed by atoms with van der Waals surface area (Å²) in [6.45, 7) is 3.73. The third-order valence-corrected chi connectivity index (χ3v) is 7.77. The molecule has 5 rings (SSSR count). The molecule has 0 aliphatic carbocycles. The molecule has 0 bridgehead atoms. The van der Waals surface area contributed by atoms with Gasteiger partial charge < -0.3 is 14.5 Å². The Morgan fingerprint density at radius 2 is 1.79 bits per heavy atom. The number of rotatable bonds is 5. The normalized spacial score (nSPS) is 20.8. The lowest BCUT2D eigenvalue weighted by molar-refractivity contribution is -0.135. The van der Waals surface area contributed by atoms with Gasteiger partial charge in [-0.15, -0.1) is 0 Å². The topological polar surface area (TPSA) is 45.1 Å². The first-order valence-electron chi connectivity index (χ1n) is 11.7. The maximum Gasteiger partial charge on any atom is 0.231 e. The molecule has 3 aliphatic rings. The highest BCUT2D eigenvalue weighted by molar-refractivity contribution is 8.16. The Hall–Kier alpha value is -2.70. The number of piperidine rings is 1. The molecule has 2 unspecified atom stereocenters. The molecule has 0 saturated carbocycles. The first kappa shape index (κ1) is 23.1. The van der Waals surface area contributed by atoms with Crippen LogP contribution in [-0.4, -0.2) is 41.1 Å². The number of methoxy groups -OCH3 is 1. The minimum absolute atomic E-state index is 0.0836. The van der Waals surface area contributed by atoms with Crippen molar-refractivity contribution in [2.45, 2.75) is 32.2 Å². The summed E-state index contributed by atoms with van der Waals surface area (Å²) in [7, 11) is 1.66. The number of carbonyl (C=O) groups excluding carboxylic acids is 1. The molecule has 2 aromatic rings. The Balaban J connectivity index is 1.49. The standard InChI is InChI=1S/C27H28ClN3O2S/c1-18(26(32)30-14-4-3-5-15-30)25-17-34-27-29-23(19-8-12-22(33-2)13-9-19)16-24(31(25)27)20-6-10-21(28)11-7-20/h6-13,16-18,24H,3-5,14-15H2,1-2H3. The van der Waals surface area contributed by atoms with Crippen molar-refractivity contribution < 1.29 is 9.53 Å². The molecular weight excluding hydrogens is 466 g/mol. The SMILES string of the molecule is COc1ccc(C2=CC(c3ccc(Cl)cc3)N3C(C(C)C(=O)N4CCCCC4)=CSC3=N2)cc1. The van der Waals surface area contributed by atoms with E-state index in [0.29, 0.717) is 5.02 Å². The van der Waals surface area contributed by atoms with Gasteiger partial charge >= 0.3 is 0 Å². The molecule has 1 amide bonds. The second-order valence-corrected chi connectivity index (χ2v) is 10.1. The molecule has 7 heteroatoms. The minimum atomic E-state index is -0.232. The van der Waals surface area contributed by atoms with E-state index in [2.05, 4.69) is 28.5 Å². The first-order chi connectivity index (χ1) is 16.5. The highest BCUT2D eigenvalue weighted by Crippen LogP contribution is 2.44. The van der Waals surface area contributed by atoms with E-state index in [-0.39, 0.29) is 17.9 Å². The van der Waals surface area contributed by atoms with Crippen molar-refractivity contribution in [3.8, 4) is 5.75 Å². The summed E-state index contributed by atoms with van der Waals surface area (Å²) < 4.78 is 5.32. The van der Waals surface area contributed by atoms with Crippen LogP contribution in [0.3, 0.4) is 0 Å². The Kier molecular flexibility index (Phi) is 6.70. The largest absolute Gasteiger partial charge is 0.497 e. The zero-order valence-electron chi connectivity index (χ0n) is 19.4. The number of halogens is 1. The lowest BCUT2D eigenvalue weighted by atomic mass is 9.97. The van der Waals surface area contributed by atoms with Gasteiger partial charge in [0.2, 0.25) is 5.91 Å². The van der Waals surface area contributed by atoms with Crippen molar-refractivity contribution in [1.82, 2.24) is 9.80 Å². The van der Waals surface area contributed by atoms with Crippen LogP contribution in [0.5, 0.6) is 5.75 Å². The van der Waals surface area contributed by atoms with Crippen LogP contribution in [0.2, 0.25) is 5.02 Å². The van der Waals surface area contributed by atoms with Gasteiger partial charge in [0.1, 0.15) is 5.75 Å². The predicted octanol–water partition coefficient (Wildman–Crippen LogP) is 6.34. The van der Waals surface area contributed by atoms with Gasteiger partial charge in [-0.1, -0.05) is 35.5 Å². The molecule has 2 aromatic carbocycles. The van der Waals surface area contributed by atoms with Gasteiger partial charge in [0.05, 0.1) is 24.8 Å². The number of nitrogens with zero attached hydrogens (tertiary/aromatic N) is 3. The molecule has 0 N–H and O–H groups in total. The zero-order chi connectivity index (χ0) is 23.7. The molecular formula is C27H28ClN3O2S. The molecule has 1 saturated heterocycles. The van der Waals surface area contributed by atoms with Crippen LogP contribution in [0.4, 0.5) is 0 Å². The van der Waals surface area contributed by atoms with Crippen molar-refractivity contribution in [3.05, 3.63) is 81.9 Å². The average molecular weight is 494 g/mol. The highest BCUT2D eigenvalue weighted by Gasteiger charge is 2.38. The molecule has 0 aromatic heterocycles. The fraction of sp³-hybridized carbons (Fsp3) is 0.333. The second kappa shape index (κ2) is 9.88. The van der Waals surface area contributed by atoms with Crippen molar-refractivity contribution in [3.63, 3.8) is 0 Å². The van der Waals surface area contributed by atoms with Crippen molar-refractivity contribution in [2.75, 3.05) is 20.2 Å². The van der Waals surface area contributed by atoms with E-state index in [0.717, 1.165) is 59.4 Å². The van der Waals surface area contributed by atoms with Crippen LogP contribution >= 0.6 is 23.4 Å². The van der Waals surface area contributed by atoms with Crippen molar-refractivity contribution in [2.24, 2.45) is 10.9 Å². The quantitative estimate of drug-likeness (QED) is 0.487. The predicted molar refractivity (Wildman–Crippen MR) is 140 cm³/mol. The monoisotopic (exact) mass is 493 g/mol. The molecule has 5 nitrogen and oxygen atoms in total. The van der Waals surface area contributed by atoms with Gasteiger partial charge in [-0.3, -0.25) is 4.79 Å². The van der Waals surface area contributed by atoms with Crippen LogP contribution in [0.15, 0.2) is 70.7 Å². The van der Waals surface area contributed by atoms with Gasteiger partial charge in [-0.05, 0) is 79.6 Å². The van der Waals surface area contributed by atoms with E-state index in [4.69, 9.17) is 21.3 Å². The third kappa shape index (κ3) is 4.49. The summed E-state index contributed by atoms with van der Waals surface area (Å²) in [6.07, 6.45) is 5.55. The summed E-state index contributed by atoms with van der Waals surface area (Å²) in [6, 6.07) is 15.8. The number of benzene rings is 2. The number of aliphatic imine (C=N–C) groups is 1. The summed E-state index contributed by atoms with van der Waals surface area (Å²) in [5, 5.41) is 3.69. The number of amidine groups is 1. The van der Waals surface area contributed by atoms with Gasteiger partial charge in [-0.2, -0.15) is 0 Å². The number of ether oxygens (including phenoxy) is 1. The molecule has 0 spiro atoms. The van der Waals surface area contributed by atoms with E-state index in [1.165, 1.54) is 6.42 Å². The number of carbonyl (C=O) groups is 1. The molecule has 34 heavy (non-hydrogen) atoms. The fourth-order valence-corrected chi connectivity index (χ4v) is 5.87. The smallest absolute Gasteiger partial charge is 0.231 e. The summed E-state index contributed by atoms with van der Waals surface area (Å²) in [5.74, 6) is 0.782. The van der Waals surface area contributed by atoms with Crippen LogP contribution in [-0.2, 0) is 4.79 Å². The van der Waals surface area contributed by atoms with Crippen LogP contribution in [0.25, 0.3) is 5.70 Å². The molecule has 3 heterocycles.